The second-order valence-electron chi connectivity index (χ2n) is 3.03. The van der Waals surface area contributed by atoms with Crippen molar-refractivity contribution >= 4 is 5.91 Å². The van der Waals surface area contributed by atoms with Gasteiger partial charge in [0.25, 0.3) is 0 Å². The van der Waals surface area contributed by atoms with Gasteiger partial charge in [0, 0.05) is 12.8 Å². The van der Waals surface area contributed by atoms with E-state index in [1.165, 1.54) is 12.8 Å². The second-order valence-corrected chi connectivity index (χ2v) is 3.03. The molecule has 2 bridgehead atoms. The van der Waals surface area contributed by atoms with E-state index in [2.05, 4.69) is 0 Å². The van der Waals surface area contributed by atoms with E-state index in [-0.39, 0.29) is 0 Å². The van der Waals surface area contributed by atoms with Gasteiger partial charge in [-0.2, -0.15) is 0 Å². The number of carbonyl (C=O) groups is 1. The van der Waals surface area contributed by atoms with Crippen molar-refractivity contribution in [1.29, 1.82) is 0 Å². The van der Waals surface area contributed by atoms with Gasteiger partial charge in [0.15, 0.2) is 0 Å². The van der Waals surface area contributed by atoms with Crippen LogP contribution < -0.4 is 4.90 Å². The van der Waals surface area contributed by atoms with Gasteiger partial charge in [-0.3, -0.25) is 0 Å². The maximum absolute atomic E-state index is 11.0. The van der Waals surface area contributed by atoms with Gasteiger partial charge in [-0.05, 0) is 5.92 Å². The molecule has 3 heterocycles. The predicted molar refractivity (Wildman–Crippen MR) is 34.2 cm³/mol. The summed E-state index contributed by atoms with van der Waals surface area (Å²) in [6.45, 7) is 2.06. The van der Waals surface area contributed by atoms with Gasteiger partial charge in [0.2, 0.25) is 0 Å². The van der Waals surface area contributed by atoms with Crippen LogP contribution in [0.5, 0.6) is 0 Å². The highest BCUT2D eigenvalue weighted by Gasteiger charge is 2.40. The zero-order chi connectivity index (χ0) is 6.27. The highest BCUT2D eigenvalue weighted by atomic mass is 16.2. The van der Waals surface area contributed by atoms with Gasteiger partial charge < -0.3 is 0 Å². The molecule has 0 aromatic carbocycles. The number of amides is 1. The summed E-state index contributed by atoms with van der Waals surface area (Å²) in [7, 11) is 0. The van der Waals surface area contributed by atoms with Crippen molar-refractivity contribution < 1.29 is 4.79 Å². The number of carbonyl (C=O) groups excluding carboxylic acids is 1. The summed E-state index contributed by atoms with van der Waals surface area (Å²) in [6, 6.07) is 0. The first-order valence-electron chi connectivity index (χ1n) is 3.64. The summed E-state index contributed by atoms with van der Waals surface area (Å²) in [6.07, 6.45) is 3.34. The number of hydrogen-bond donors (Lipinski definition) is 0. The Kier molecular flexibility index (Phi) is 1.09. The van der Waals surface area contributed by atoms with E-state index < -0.39 is 0 Å². The second kappa shape index (κ2) is 1.81. The highest BCUT2D eigenvalue weighted by molar-refractivity contribution is 5.80. The van der Waals surface area contributed by atoms with Crippen molar-refractivity contribution in [2.45, 2.75) is 19.3 Å². The van der Waals surface area contributed by atoms with Crippen molar-refractivity contribution in [2.75, 3.05) is 13.1 Å². The van der Waals surface area contributed by atoms with Crippen LogP contribution in [0.15, 0.2) is 0 Å². The van der Waals surface area contributed by atoms with Crippen molar-refractivity contribution in [2.24, 2.45) is 5.92 Å². The third-order valence-corrected chi connectivity index (χ3v) is 2.43. The van der Waals surface area contributed by atoms with Crippen molar-refractivity contribution in [3.8, 4) is 0 Å². The van der Waals surface area contributed by atoms with Crippen molar-refractivity contribution in [1.82, 2.24) is 4.90 Å². The van der Waals surface area contributed by atoms with Gasteiger partial charge in [-0.25, -0.2) is 4.79 Å². The zero-order valence-corrected chi connectivity index (χ0v) is 5.47. The molecule has 3 fully saturated rings. The number of fused-ring (bicyclic) bond motifs is 3. The van der Waals surface area contributed by atoms with Crippen LogP contribution in [0.25, 0.3) is 0 Å². The van der Waals surface area contributed by atoms with Crippen LogP contribution in [0.3, 0.4) is 0 Å². The standard InChI is InChI=1S/C7H11NO/c9-7-5-6-1-3-8(7)4-2-6/h6H,1-5H2/q+1. The van der Waals surface area contributed by atoms with E-state index in [4.69, 9.17) is 0 Å². The van der Waals surface area contributed by atoms with Gasteiger partial charge in [-0.15, -0.1) is 4.90 Å². The molecule has 0 aromatic rings. The van der Waals surface area contributed by atoms with Crippen molar-refractivity contribution in [3.63, 3.8) is 0 Å². The quantitative estimate of drug-likeness (QED) is 0.431. The molecule has 1 amide bonds. The van der Waals surface area contributed by atoms with Gasteiger partial charge >= 0.3 is 5.91 Å². The Balaban J connectivity index is 2.15. The smallest absolute Gasteiger partial charge is 0.225 e. The van der Waals surface area contributed by atoms with Crippen LogP contribution in [0.1, 0.15) is 19.3 Å². The largest absolute Gasteiger partial charge is 0.361 e. The lowest BCUT2D eigenvalue weighted by Crippen LogP contribution is -2.49. The van der Waals surface area contributed by atoms with E-state index in [9.17, 15) is 4.79 Å². The molecular weight excluding hydrogens is 114 g/mol. The topological polar surface area (TPSA) is 23.0 Å². The molecule has 0 N–H and O–H groups in total. The van der Waals surface area contributed by atoms with Crippen LogP contribution in [-0.2, 0) is 4.79 Å². The molecule has 1 radical (unpaired) electrons. The fourth-order valence-corrected chi connectivity index (χ4v) is 1.76. The fourth-order valence-electron chi connectivity index (χ4n) is 1.76. The molecule has 0 aromatic heterocycles. The van der Waals surface area contributed by atoms with E-state index in [0.29, 0.717) is 5.91 Å². The Bertz CT molecular complexity index is 136. The Morgan fingerprint density at radius 2 is 2.00 bits per heavy atom. The monoisotopic (exact) mass is 125 g/mol. The predicted octanol–water partition coefficient (Wildman–Crippen LogP) is 0.467. The maximum Gasteiger partial charge on any atom is 0.361 e. The Hall–Kier alpha value is -0.370. The molecule has 0 atom stereocenters. The molecule has 3 aliphatic heterocycles. The van der Waals surface area contributed by atoms with Crippen LogP contribution >= 0.6 is 0 Å². The van der Waals surface area contributed by atoms with E-state index in [0.717, 1.165) is 25.4 Å². The summed E-state index contributed by atoms with van der Waals surface area (Å²) in [5.41, 5.74) is 0. The minimum Gasteiger partial charge on any atom is -0.225 e. The highest BCUT2D eigenvalue weighted by Crippen LogP contribution is 2.25. The van der Waals surface area contributed by atoms with Gasteiger partial charge in [0.1, 0.15) is 13.1 Å². The Morgan fingerprint density at radius 3 is 2.22 bits per heavy atom. The summed E-state index contributed by atoms with van der Waals surface area (Å²) in [5, 5.41) is 0. The third kappa shape index (κ3) is 0.778. The van der Waals surface area contributed by atoms with Crippen molar-refractivity contribution in [3.05, 3.63) is 0 Å². The number of rotatable bonds is 0. The fraction of sp³-hybridized carbons (Fsp3) is 0.857. The van der Waals surface area contributed by atoms with Gasteiger partial charge in [-0.1, -0.05) is 0 Å². The molecule has 9 heavy (non-hydrogen) atoms. The summed E-state index contributed by atoms with van der Waals surface area (Å²) < 4.78 is 0. The summed E-state index contributed by atoms with van der Waals surface area (Å²) >= 11 is 0. The first-order chi connectivity index (χ1) is 4.36. The number of nitrogens with zero attached hydrogens (tertiary/aromatic N) is 1. The Morgan fingerprint density at radius 1 is 1.33 bits per heavy atom. The third-order valence-electron chi connectivity index (χ3n) is 2.43. The average Bonchev–Trinajstić information content (AvgIpc) is 1.90. The Labute approximate surface area is 54.8 Å². The van der Waals surface area contributed by atoms with Crippen LogP contribution in [0.4, 0.5) is 0 Å². The van der Waals surface area contributed by atoms with E-state index >= 15 is 0 Å². The number of hydrogen-bond acceptors (Lipinski definition) is 1. The first-order valence-corrected chi connectivity index (χ1v) is 3.64. The lowest BCUT2D eigenvalue weighted by molar-refractivity contribution is -0.131. The molecular formula is C7H11NO+. The molecule has 49 valence electrons. The molecule has 3 rings (SSSR count). The molecule has 3 aliphatic rings. The van der Waals surface area contributed by atoms with Crippen LogP contribution in [0, 0.1) is 5.92 Å². The lowest BCUT2D eigenvalue weighted by Gasteiger charge is -2.28. The molecule has 3 saturated heterocycles. The molecule has 0 unspecified atom stereocenters. The van der Waals surface area contributed by atoms with Gasteiger partial charge in [0.05, 0.1) is 6.42 Å². The van der Waals surface area contributed by atoms with Crippen LogP contribution in [-0.4, -0.2) is 19.0 Å². The molecule has 0 saturated carbocycles. The maximum atomic E-state index is 11.0. The minimum atomic E-state index is 0.387. The zero-order valence-electron chi connectivity index (χ0n) is 5.47. The normalized spacial score (nSPS) is 41.6. The summed E-state index contributed by atoms with van der Waals surface area (Å²) in [4.78, 5) is 13.0. The van der Waals surface area contributed by atoms with Crippen LogP contribution in [0.2, 0.25) is 0 Å². The molecule has 2 nitrogen and oxygen atoms in total. The number of piperidine rings is 3. The lowest BCUT2D eigenvalue weighted by atomic mass is 9.88. The molecule has 2 heteroatoms. The average molecular weight is 125 g/mol. The molecule has 0 spiro atoms. The van der Waals surface area contributed by atoms with E-state index in [1.807, 2.05) is 4.90 Å². The summed E-state index contributed by atoms with van der Waals surface area (Å²) in [5.74, 6) is 1.13. The van der Waals surface area contributed by atoms with E-state index in [1.54, 1.807) is 0 Å². The SMILES string of the molecule is O=C1CC2CC[N+]1CC2. The molecule has 0 aliphatic carbocycles. The first kappa shape index (κ1) is 5.42. The minimum absolute atomic E-state index is 0.387.